The average Bonchev–Trinajstić information content (AvgIpc) is 3.41. The van der Waals surface area contributed by atoms with Gasteiger partial charge in [0.05, 0.1) is 11.4 Å². The van der Waals surface area contributed by atoms with Crippen molar-refractivity contribution in [3.63, 3.8) is 0 Å². The van der Waals surface area contributed by atoms with Crippen LogP contribution in [0.5, 0.6) is 0 Å². The molecule has 7 nitrogen and oxygen atoms in total. The fourth-order valence-corrected chi connectivity index (χ4v) is 4.33. The Morgan fingerprint density at radius 3 is 2.52 bits per heavy atom. The van der Waals surface area contributed by atoms with Gasteiger partial charge in [0, 0.05) is 18.3 Å². The lowest BCUT2D eigenvalue weighted by atomic mass is 10.1. The summed E-state index contributed by atoms with van der Waals surface area (Å²) in [7, 11) is 0. The molecule has 0 aliphatic heterocycles. The first-order valence-corrected chi connectivity index (χ1v) is 10.3. The zero-order valence-electron chi connectivity index (χ0n) is 16.1. The summed E-state index contributed by atoms with van der Waals surface area (Å²) in [6.45, 7) is 4.19. The molecule has 0 saturated heterocycles. The van der Waals surface area contributed by atoms with Crippen molar-refractivity contribution >= 4 is 16.3 Å². The molecule has 0 N–H and O–H groups in total. The SMILES string of the molecule is Cc1nn(-c2ccccc2)c(C)c1CCc1nn2c(-c3ccccn3)nnc2s1. The third kappa shape index (κ3) is 3.21. The zero-order valence-corrected chi connectivity index (χ0v) is 17.0. The Balaban J connectivity index is 1.40. The highest BCUT2D eigenvalue weighted by molar-refractivity contribution is 7.16. The van der Waals surface area contributed by atoms with Gasteiger partial charge in [0.25, 0.3) is 0 Å². The topological polar surface area (TPSA) is 73.8 Å². The van der Waals surface area contributed by atoms with Crippen molar-refractivity contribution in [1.82, 2.24) is 34.6 Å². The van der Waals surface area contributed by atoms with E-state index in [1.165, 1.54) is 11.3 Å². The van der Waals surface area contributed by atoms with Crippen LogP contribution in [0.25, 0.3) is 22.2 Å². The largest absolute Gasteiger partial charge is 0.253 e. The van der Waals surface area contributed by atoms with E-state index >= 15 is 0 Å². The average molecular weight is 401 g/mol. The molecule has 8 heteroatoms. The number of pyridine rings is 1. The lowest BCUT2D eigenvalue weighted by Gasteiger charge is -2.04. The second-order valence-corrected chi connectivity index (χ2v) is 7.87. The van der Waals surface area contributed by atoms with Crippen molar-refractivity contribution in [2.75, 3.05) is 0 Å². The lowest BCUT2D eigenvalue weighted by Crippen LogP contribution is -2.00. The fraction of sp³-hybridized carbons (Fsp3) is 0.190. The Labute approximate surface area is 171 Å². The maximum Gasteiger partial charge on any atom is 0.235 e. The van der Waals surface area contributed by atoms with E-state index in [0.29, 0.717) is 5.82 Å². The summed E-state index contributed by atoms with van der Waals surface area (Å²) in [5.74, 6) is 0.673. The second kappa shape index (κ2) is 7.21. The number of aromatic nitrogens is 7. The molecule has 5 rings (SSSR count). The summed E-state index contributed by atoms with van der Waals surface area (Å²) in [4.78, 5) is 5.15. The van der Waals surface area contributed by atoms with Crippen LogP contribution in [-0.4, -0.2) is 34.6 Å². The summed E-state index contributed by atoms with van der Waals surface area (Å²) >= 11 is 1.57. The molecule has 4 heterocycles. The smallest absolute Gasteiger partial charge is 0.235 e. The lowest BCUT2D eigenvalue weighted by molar-refractivity contribution is 0.829. The van der Waals surface area contributed by atoms with E-state index in [-0.39, 0.29) is 0 Å². The molecular formula is C21H19N7S. The van der Waals surface area contributed by atoms with Crippen molar-refractivity contribution in [2.24, 2.45) is 0 Å². The molecule has 29 heavy (non-hydrogen) atoms. The fourth-order valence-electron chi connectivity index (χ4n) is 3.50. The highest BCUT2D eigenvalue weighted by Gasteiger charge is 2.16. The third-order valence-corrected chi connectivity index (χ3v) is 5.92. The van der Waals surface area contributed by atoms with Crippen LogP contribution in [0.4, 0.5) is 0 Å². The normalized spacial score (nSPS) is 11.4. The molecule has 0 fully saturated rings. The van der Waals surface area contributed by atoms with Gasteiger partial charge < -0.3 is 0 Å². The molecule has 0 radical (unpaired) electrons. The molecular weight excluding hydrogens is 382 g/mol. The van der Waals surface area contributed by atoms with Gasteiger partial charge in [-0.3, -0.25) is 4.98 Å². The van der Waals surface area contributed by atoms with E-state index in [4.69, 9.17) is 10.2 Å². The number of hydrogen-bond donors (Lipinski definition) is 0. The van der Waals surface area contributed by atoms with Gasteiger partial charge in [-0.1, -0.05) is 35.6 Å². The van der Waals surface area contributed by atoms with Gasteiger partial charge in [0.1, 0.15) is 10.7 Å². The van der Waals surface area contributed by atoms with Crippen LogP contribution in [-0.2, 0) is 12.8 Å². The first kappa shape index (κ1) is 17.7. The molecule has 0 unspecified atom stereocenters. The van der Waals surface area contributed by atoms with Gasteiger partial charge in [-0.05, 0) is 50.1 Å². The van der Waals surface area contributed by atoms with Gasteiger partial charge in [-0.15, -0.1) is 10.2 Å². The van der Waals surface area contributed by atoms with Crippen LogP contribution in [0, 0.1) is 13.8 Å². The molecule has 4 aromatic heterocycles. The number of hydrogen-bond acceptors (Lipinski definition) is 6. The molecule has 144 valence electrons. The zero-order chi connectivity index (χ0) is 19.8. The minimum Gasteiger partial charge on any atom is -0.253 e. The van der Waals surface area contributed by atoms with Crippen molar-refractivity contribution in [1.29, 1.82) is 0 Å². The van der Waals surface area contributed by atoms with Gasteiger partial charge in [0.2, 0.25) is 10.8 Å². The molecule has 0 amide bonds. The van der Waals surface area contributed by atoms with Gasteiger partial charge in [-0.2, -0.15) is 14.7 Å². The van der Waals surface area contributed by atoms with E-state index in [1.807, 2.05) is 41.1 Å². The first-order chi connectivity index (χ1) is 14.2. The number of fused-ring (bicyclic) bond motifs is 1. The van der Waals surface area contributed by atoms with Crippen LogP contribution >= 0.6 is 11.3 Å². The second-order valence-electron chi connectivity index (χ2n) is 6.83. The Kier molecular flexibility index (Phi) is 4.40. The Bertz CT molecular complexity index is 1270. The Hall–Kier alpha value is -3.39. The minimum atomic E-state index is 0.673. The van der Waals surface area contributed by atoms with E-state index in [2.05, 4.69) is 41.2 Å². The summed E-state index contributed by atoms with van der Waals surface area (Å²) in [5, 5.41) is 19.0. The quantitative estimate of drug-likeness (QED) is 0.447. The molecule has 0 atom stereocenters. The van der Waals surface area contributed by atoms with Crippen LogP contribution in [0.15, 0.2) is 54.7 Å². The third-order valence-electron chi connectivity index (χ3n) is 4.96. The maximum atomic E-state index is 4.74. The first-order valence-electron chi connectivity index (χ1n) is 9.44. The summed E-state index contributed by atoms with van der Waals surface area (Å²) < 4.78 is 3.80. The minimum absolute atomic E-state index is 0.673. The van der Waals surface area contributed by atoms with Gasteiger partial charge in [0.15, 0.2) is 0 Å². The van der Waals surface area contributed by atoms with E-state index in [0.717, 1.165) is 39.9 Å². The standard InChI is InChI=1S/C21H19N7S/c1-14-17(15(2)27(25-14)16-8-4-3-5-9-16)11-12-19-26-28-20(23-24-21(28)29-19)18-10-6-7-13-22-18/h3-10,13H,11-12H2,1-2H3. The van der Waals surface area contributed by atoms with Crippen LogP contribution < -0.4 is 0 Å². The monoisotopic (exact) mass is 401 g/mol. The van der Waals surface area contributed by atoms with E-state index in [9.17, 15) is 0 Å². The van der Waals surface area contributed by atoms with Crippen molar-refractivity contribution in [3.8, 4) is 17.2 Å². The number of benzene rings is 1. The molecule has 5 aromatic rings. The summed E-state index contributed by atoms with van der Waals surface area (Å²) in [5.41, 5.74) is 5.35. The summed E-state index contributed by atoms with van der Waals surface area (Å²) in [6.07, 6.45) is 3.46. The predicted octanol–water partition coefficient (Wildman–Crippen LogP) is 3.84. The van der Waals surface area contributed by atoms with Crippen LogP contribution in [0.3, 0.4) is 0 Å². The Morgan fingerprint density at radius 2 is 1.72 bits per heavy atom. The van der Waals surface area contributed by atoms with Crippen molar-refractivity contribution in [2.45, 2.75) is 26.7 Å². The van der Waals surface area contributed by atoms with Crippen LogP contribution in [0.1, 0.15) is 22.0 Å². The van der Waals surface area contributed by atoms with E-state index in [1.54, 1.807) is 22.0 Å². The molecule has 0 saturated carbocycles. The maximum absolute atomic E-state index is 4.74. The molecule has 0 aliphatic rings. The van der Waals surface area contributed by atoms with E-state index < -0.39 is 0 Å². The molecule has 0 bridgehead atoms. The number of aryl methyl sites for hydroxylation is 2. The number of nitrogens with zero attached hydrogens (tertiary/aromatic N) is 7. The number of rotatable bonds is 5. The summed E-state index contributed by atoms with van der Waals surface area (Å²) in [6, 6.07) is 16.0. The van der Waals surface area contributed by atoms with Crippen LogP contribution in [0.2, 0.25) is 0 Å². The van der Waals surface area contributed by atoms with Gasteiger partial charge >= 0.3 is 0 Å². The highest BCUT2D eigenvalue weighted by Crippen LogP contribution is 2.23. The molecule has 0 spiro atoms. The van der Waals surface area contributed by atoms with Crippen molar-refractivity contribution in [3.05, 3.63) is 76.7 Å². The molecule has 1 aromatic carbocycles. The number of para-hydroxylation sites is 1. The van der Waals surface area contributed by atoms with Crippen molar-refractivity contribution < 1.29 is 0 Å². The Morgan fingerprint density at radius 1 is 0.897 bits per heavy atom. The van der Waals surface area contributed by atoms with Gasteiger partial charge in [-0.25, -0.2) is 4.68 Å². The predicted molar refractivity (Wildman–Crippen MR) is 112 cm³/mol. The molecule has 0 aliphatic carbocycles. The highest BCUT2D eigenvalue weighted by atomic mass is 32.1.